The molecule has 0 bridgehead atoms. The van der Waals surface area contributed by atoms with Crippen LogP contribution in [0.2, 0.25) is 0 Å². The second-order valence-corrected chi connectivity index (χ2v) is 11.4. The van der Waals surface area contributed by atoms with Crippen LogP contribution in [0.5, 0.6) is 0 Å². The largest absolute Gasteiger partial charge is 0.469 e. The Bertz CT molecular complexity index is 588. The van der Waals surface area contributed by atoms with Crippen LogP contribution in [0.25, 0.3) is 0 Å². The van der Waals surface area contributed by atoms with Gasteiger partial charge in [-0.25, -0.2) is 0 Å². The van der Waals surface area contributed by atoms with Crippen LogP contribution in [0.1, 0.15) is 91.4 Å². The van der Waals surface area contributed by atoms with Gasteiger partial charge in [0, 0.05) is 6.42 Å². The van der Waals surface area contributed by atoms with Gasteiger partial charge in [-0.05, 0) is 111 Å². The Morgan fingerprint density at radius 1 is 1.04 bits per heavy atom. The van der Waals surface area contributed by atoms with E-state index in [1.165, 1.54) is 52.1 Å². The van der Waals surface area contributed by atoms with Crippen molar-refractivity contribution in [1.82, 2.24) is 0 Å². The van der Waals surface area contributed by atoms with Gasteiger partial charge in [0.05, 0.1) is 13.2 Å². The molecular formula is C25H42O3. The Hall–Kier alpha value is -0.570. The summed E-state index contributed by atoms with van der Waals surface area (Å²) in [4.78, 5) is 11.6. The number of aliphatic hydroxyl groups is 1. The van der Waals surface area contributed by atoms with Crippen molar-refractivity contribution in [2.75, 3.05) is 7.11 Å². The summed E-state index contributed by atoms with van der Waals surface area (Å²) in [5, 5.41) is 10.2. The number of carbonyl (C=O) groups excluding carboxylic acids is 1. The van der Waals surface area contributed by atoms with Crippen LogP contribution in [0.4, 0.5) is 0 Å². The van der Waals surface area contributed by atoms with E-state index >= 15 is 0 Å². The highest BCUT2D eigenvalue weighted by atomic mass is 16.5. The van der Waals surface area contributed by atoms with Crippen molar-refractivity contribution in [1.29, 1.82) is 0 Å². The molecule has 0 heterocycles. The zero-order chi connectivity index (χ0) is 20.1. The molecule has 0 saturated heterocycles. The summed E-state index contributed by atoms with van der Waals surface area (Å²) >= 11 is 0. The molecule has 1 N–H and O–H groups in total. The Balaban J connectivity index is 1.48. The fourth-order valence-corrected chi connectivity index (χ4v) is 8.86. The van der Waals surface area contributed by atoms with E-state index in [4.69, 9.17) is 4.74 Å². The highest BCUT2D eigenvalue weighted by Crippen LogP contribution is 2.68. The van der Waals surface area contributed by atoms with Crippen LogP contribution in [-0.4, -0.2) is 24.3 Å². The average Bonchev–Trinajstić information content (AvgIpc) is 3.03. The molecule has 9 unspecified atom stereocenters. The Morgan fingerprint density at radius 3 is 2.50 bits per heavy atom. The van der Waals surface area contributed by atoms with Gasteiger partial charge in [0.25, 0.3) is 0 Å². The minimum absolute atomic E-state index is 0.0463. The molecule has 0 aromatic carbocycles. The molecule has 4 fully saturated rings. The van der Waals surface area contributed by atoms with Crippen molar-refractivity contribution in [2.45, 2.75) is 97.5 Å². The van der Waals surface area contributed by atoms with Gasteiger partial charge in [-0.2, -0.15) is 0 Å². The van der Waals surface area contributed by atoms with Crippen molar-refractivity contribution in [3.63, 3.8) is 0 Å². The highest BCUT2D eigenvalue weighted by molar-refractivity contribution is 5.69. The molecule has 3 nitrogen and oxygen atoms in total. The van der Waals surface area contributed by atoms with Gasteiger partial charge in [0.2, 0.25) is 0 Å². The molecule has 0 spiro atoms. The summed E-state index contributed by atoms with van der Waals surface area (Å²) in [7, 11) is 1.50. The van der Waals surface area contributed by atoms with Crippen LogP contribution >= 0.6 is 0 Å². The highest BCUT2D eigenvalue weighted by Gasteiger charge is 2.60. The molecule has 4 aliphatic carbocycles. The number of hydrogen-bond donors (Lipinski definition) is 1. The maximum Gasteiger partial charge on any atom is 0.305 e. The molecule has 0 amide bonds. The monoisotopic (exact) mass is 390 g/mol. The fourth-order valence-electron chi connectivity index (χ4n) is 8.86. The van der Waals surface area contributed by atoms with E-state index in [-0.39, 0.29) is 12.1 Å². The van der Waals surface area contributed by atoms with E-state index < -0.39 is 0 Å². The molecule has 160 valence electrons. The Morgan fingerprint density at radius 2 is 1.75 bits per heavy atom. The van der Waals surface area contributed by atoms with Gasteiger partial charge in [0.15, 0.2) is 0 Å². The standard InChI is InChI=1S/C25H42O3/c1-16(5-10-23(27)28-4)20-8-9-21-19-7-6-17-15-18(26)11-13-24(17,2)22(19)12-14-25(20,21)3/h16-22,26H,5-15H2,1-4H3. The lowest BCUT2D eigenvalue weighted by molar-refractivity contribution is -0.141. The number of aliphatic hydroxyl groups excluding tert-OH is 1. The molecule has 0 aromatic rings. The number of hydrogen-bond acceptors (Lipinski definition) is 3. The first-order valence-corrected chi connectivity index (χ1v) is 12.0. The Labute approximate surface area is 172 Å². The van der Waals surface area contributed by atoms with Crippen molar-refractivity contribution >= 4 is 5.97 Å². The molecule has 0 aromatic heterocycles. The maximum atomic E-state index is 11.6. The molecule has 4 saturated carbocycles. The summed E-state index contributed by atoms with van der Waals surface area (Å²) in [5.74, 6) is 4.72. The second kappa shape index (κ2) is 7.60. The van der Waals surface area contributed by atoms with Crippen molar-refractivity contribution in [3.8, 4) is 0 Å². The molecule has 0 radical (unpaired) electrons. The van der Waals surface area contributed by atoms with Crippen LogP contribution in [0.3, 0.4) is 0 Å². The quantitative estimate of drug-likeness (QED) is 0.636. The third-order valence-corrected chi connectivity index (χ3v) is 10.4. The SMILES string of the molecule is COC(=O)CCC(C)C1CCC2C3CCC4CC(O)CCC4(C)C3CCC12C. The molecule has 4 rings (SSSR count). The first kappa shape index (κ1) is 20.7. The number of fused-ring (bicyclic) bond motifs is 5. The molecule has 3 heteroatoms. The van der Waals surface area contributed by atoms with E-state index in [2.05, 4.69) is 20.8 Å². The molecule has 28 heavy (non-hydrogen) atoms. The van der Waals surface area contributed by atoms with Gasteiger partial charge in [-0.1, -0.05) is 20.8 Å². The Kier molecular flexibility index (Phi) is 5.61. The van der Waals surface area contributed by atoms with E-state index in [9.17, 15) is 9.90 Å². The maximum absolute atomic E-state index is 11.6. The fraction of sp³-hybridized carbons (Fsp3) is 0.960. The average molecular weight is 391 g/mol. The number of esters is 1. The summed E-state index contributed by atoms with van der Waals surface area (Å²) in [6.45, 7) is 7.56. The van der Waals surface area contributed by atoms with E-state index in [0.717, 1.165) is 48.9 Å². The van der Waals surface area contributed by atoms with Gasteiger partial charge >= 0.3 is 5.97 Å². The van der Waals surface area contributed by atoms with Gasteiger partial charge in [-0.15, -0.1) is 0 Å². The first-order valence-electron chi connectivity index (χ1n) is 12.0. The second-order valence-electron chi connectivity index (χ2n) is 11.4. The van der Waals surface area contributed by atoms with Crippen molar-refractivity contribution in [2.24, 2.45) is 46.3 Å². The smallest absolute Gasteiger partial charge is 0.305 e. The lowest BCUT2D eigenvalue weighted by atomic mass is 9.44. The van der Waals surface area contributed by atoms with Crippen molar-refractivity contribution in [3.05, 3.63) is 0 Å². The predicted octanol–water partition coefficient (Wildman–Crippen LogP) is 5.60. The predicted molar refractivity (Wildman–Crippen MR) is 112 cm³/mol. The summed E-state index contributed by atoms with van der Waals surface area (Å²) in [6.07, 6.45) is 13.1. The topological polar surface area (TPSA) is 46.5 Å². The zero-order valence-corrected chi connectivity index (χ0v) is 18.6. The van der Waals surface area contributed by atoms with Crippen LogP contribution in [0, 0.1) is 46.3 Å². The lowest BCUT2D eigenvalue weighted by Crippen LogP contribution is -2.54. The minimum atomic E-state index is -0.0546. The summed E-state index contributed by atoms with van der Waals surface area (Å²) in [5.41, 5.74) is 0.937. The molecule has 9 atom stereocenters. The molecule has 0 aliphatic heterocycles. The van der Waals surface area contributed by atoms with E-state index in [0.29, 0.717) is 23.2 Å². The van der Waals surface area contributed by atoms with Crippen LogP contribution in [0.15, 0.2) is 0 Å². The normalized spacial score (nSPS) is 48.9. The number of ether oxygens (including phenoxy) is 1. The van der Waals surface area contributed by atoms with Crippen LogP contribution in [-0.2, 0) is 9.53 Å². The molecular weight excluding hydrogens is 348 g/mol. The number of methoxy groups -OCH3 is 1. The van der Waals surface area contributed by atoms with Crippen molar-refractivity contribution < 1.29 is 14.6 Å². The number of rotatable bonds is 4. The van der Waals surface area contributed by atoms with Gasteiger partial charge < -0.3 is 9.84 Å². The summed E-state index contributed by atoms with van der Waals surface area (Å²) in [6, 6.07) is 0. The summed E-state index contributed by atoms with van der Waals surface area (Å²) < 4.78 is 4.88. The minimum Gasteiger partial charge on any atom is -0.469 e. The third kappa shape index (κ3) is 3.24. The van der Waals surface area contributed by atoms with E-state index in [1.54, 1.807) is 0 Å². The zero-order valence-electron chi connectivity index (χ0n) is 18.6. The van der Waals surface area contributed by atoms with E-state index in [1.807, 2.05) is 0 Å². The lowest BCUT2D eigenvalue weighted by Gasteiger charge is -2.61. The third-order valence-electron chi connectivity index (χ3n) is 10.4. The van der Waals surface area contributed by atoms with Gasteiger partial charge in [-0.3, -0.25) is 4.79 Å². The molecule has 4 aliphatic rings. The number of carbonyl (C=O) groups is 1. The van der Waals surface area contributed by atoms with Gasteiger partial charge in [0.1, 0.15) is 0 Å². The van der Waals surface area contributed by atoms with Crippen LogP contribution < -0.4 is 0 Å². The first-order chi connectivity index (χ1) is 13.3.